The first-order valence-corrected chi connectivity index (χ1v) is 10.0. The van der Waals surface area contributed by atoms with E-state index in [0.29, 0.717) is 30.4 Å². The van der Waals surface area contributed by atoms with E-state index in [-0.39, 0.29) is 12.0 Å². The minimum absolute atomic E-state index is 0.169. The van der Waals surface area contributed by atoms with E-state index in [2.05, 4.69) is 18.7 Å². The van der Waals surface area contributed by atoms with Crippen LogP contribution in [0.15, 0.2) is 0 Å². The molecule has 0 aromatic heterocycles. The van der Waals surface area contributed by atoms with E-state index >= 15 is 0 Å². The Balaban J connectivity index is 1.47. The normalized spacial score (nSPS) is 32.0. The van der Waals surface area contributed by atoms with E-state index < -0.39 is 0 Å². The van der Waals surface area contributed by atoms with E-state index in [1.807, 2.05) is 16.7 Å². The standard InChI is InChI=1S/C19H33N3O3/c1-4-20(5-2)18(23)17-15-12-22(13-16(15)17)14-8-7-10-21(11-9-14)19(24)25-6-3/h14-17H,4-13H2,1-3H3. The van der Waals surface area contributed by atoms with Crippen LogP contribution in [0.2, 0.25) is 0 Å². The molecule has 3 fully saturated rings. The molecule has 2 amide bonds. The molecule has 0 spiro atoms. The van der Waals surface area contributed by atoms with Crippen molar-refractivity contribution in [2.24, 2.45) is 17.8 Å². The smallest absolute Gasteiger partial charge is 0.409 e. The van der Waals surface area contributed by atoms with E-state index in [4.69, 9.17) is 4.74 Å². The van der Waals surface area contributed by atoms with Gasteiger partial charge in [-0.15, -0.1) is 0 Å². The summed E-state index contributed by atoms with van der Waals surface area (Å²) in [6, 6.07) is 0.552. The van der Waals surface area contributed by atoms with Gasteiger partial charge < -0.3 is 14.5 Å². The van der Waals surface area contributed by atoms with Crippen molar-refractivity contribution < 1.29 is 14.3 Å². The zero-order chi connectivity index (χ0) is 18.0. The Bertz CT molecular complexity index is 482. The molecule has 3 rings (SSSR count). The fourth-order valence-corrected chi connectivity index (χ4v) is 4.81. The number of fused-ring (bicyclic) bond motifs is 1. The SMILES string of the molecule is CCOC(=O)N1CCCC(N2CC3C(C2)C3C(=O)N(CC)CC)CC1. The quantitative estimate of drug-likeness (QED) is 0.761. The molecule has 142 valence electrons. The van der Waals surface area contributed by atoms with Gasteiger partial charge in [-0.1, -0.05) is 0 Å². The summed E-state index contributed by atoms with van der Waals surface area (Å²) in [6.45, 7) is 11.8. The van der Waals surface area contributed by atoms with Crippen LogP contribution in [0.4, 0.5) is 4.79 Å². The molecular weight excluding hydrogens is 318 g/mol. The van der Waals surface area contributed by atoms with Gasteiger partial charge in [0, 0.05) is 51.2 Å². The summed E-state index contributed by atoms with van der Waals surface area (Å²) in [5.74, 6) is 1.78. The number of hydrogen-bond acceptors (Lipinski definition) is 4. The van der Waals surface area contributed by atoms with Gasteiger partial charge in [0.1, 0.15) is 0 Å². The molecule has 0 aromatic rings. The molecule has 1 aliphatic carbocycles. The summed E-state index contributed by atoms with van der Waals surface area (Å²) in [7, 11) is 0. The first-order chi connectivity index (χ1) is 12.1. The first-order valence-electron chi connectivity index (χ1n) is 10.0. The van der Waals surface area contributed by atoms with Crippen LogP contribution >= 0.6 is 0 Å². The third-order valence-electron chi connectivity index (χ3n) is 6.32. The molecule has 6 nitrogen and oxygen atoms in total. The van der Waals surface area contributed by atoms with Gasteiger partial charge in [0.05, 0.1) is 6.61 Å². The summed E-state index contributed by atoms with van der Waals surface area (Å²) in [5.41, 5.74) is 0. The van der Waals surface area contributed by atoms with Crippen molar-refractivity contribution in [3.63, 3.8) is 0 Å². The number of carbonyl (C=O) groups excluding carboxylic acids is 2. The molecule has 0 N–H and O–H groups in total. The summed E-state index contributed by atoms with van der Waals surface area (Å²) in [5, 5.41) is 0. The Hall–Kier alpha value is -1.30. The summed E-state index contributed by atoms with van der Waals surface area (Å²) in [6.07, 6.45) is 3.03. The van der Waals surface area contributed by atoms with Gasteiger partial charge in [0.25, 0.3) is 0 Å². The molecule has 0 aromatic carbocycles. The van der Waals surface area contributed by atoms with Crippen LogP contribution in [-0.2, 0) is 9.53 Å². The molecule has 2 heterocycles. The van der Waals surface area contributed by atoms with Crippen LogP contribution in [0.5, 0.6) is 0 Å². The maximum Gasteiger partial charge on any atom is 0.409 e. The lowest BCUT2D eigenvalue weighted by Crippen LogP contribution is -2.40. The molecule has 0 bridgehead atoms. The highest BCUT2D eigenvalue weighted by atomic mass is 16.6. The predicted octanol–water partition coefficient (Wildman–Crippen LogP) is 2.04. The number of nitrogens with zero attached hydrogens (tertiary/aromatic N) is 3. The first kappa shape index (κ1) is 18.5. The molecule has 3 atom stereocenters. The van der Waals surface area contributed by atoms with Gasteiger partial charge in [-0.25, -0.2) is 4.79 Å². The van der Waals surface area contributed by atoms with Crippen molar-refractivity contribution in [1.82, 2.24) is 14.7 Å². The highest BCUT2D eigenvalue weighted by Crippen LogP contribution is 2.53. The highest BCUT2D eigenvalue weighted by Gasteiger charge is 2.60. The van der Waals surface area contributed by atoms with Crippen molar-refractivity contribution in [2.45, 2.75) is 46.1 Å². The predicted molar refractivity (Wildman–Crippen MR) is 96.2 cm³/mol. The molecule has 25 heavy (non-hydrogen) atoms. The molecule has 3 unspecified atom stereocenters. The lowest BCUT2D eigenvalue weighted by molar-refractivity contribution is -0.133. The number of hydrogen-bond donors (Lipinski definition) is 0. The van der Waals surface area contributed by atoms with Gasteiger partial charge in [0.2, 0.25) is 5.91 Å². The second-order valence-corrected chi connectivity index (χ2v) is 7.59. The van der Waals surface area contributed by atoms with Crippen molar-refractivity contribution in [1.29, 1.82) is 0 Å². The van der Waals surface area contributed by atoms with Crippen LogP contribution in [-0.4, -0.2) is 78.6 Å². The fourth-order valence-electron chi connectivity index (χ4n) is 4.81. The molecule has 2 saturated heterocycles. The van der Waals surface area contributed by atoms with Crippen molar-refractivity contribution in [3.8, 4) is 0 Å². The summed E-state index contributed by atoms with van der Waals surface area (Å²) >= 11 is 0. The molecule has 0 radical (unpaired) electrons. The zero-order valence-corrected chi connectivity index (χ0v) is 15.9. The minimum Gasteiger partial charge on any atom is -0.450 e. The van der Waals surface area contributed by atoms with Gasteiger partial charge in [-0.2, -0.15) is 0 Å². The Morgan fingerprint density at radius 1 is 1.04 bits per heavy atom. The Morgan fingerprint density at radius 2 is 1.72 bits per heavy atom. The van der Waals surface area contributed by atoms with E-state index in [1.54, 1.807) is 0 Å². The van der Waals surface area contributed by atoms with E-state index in [9.17, 15) is 9.59 Å². The Morgan fingerprint density at radius 3 is 2.32 bits per heavy atom. The lowest BCUT2D eigenvalue weighted by Gasteiger charge is -2.29. The van der Waals surface area contributed by atoms with Gasteiger partial charge in [-0.3, -0.25) is 9.69 Å². The van der Waals surface area contributed by atoms with E-state index in [0.717, 1.165) is 58.5 Å². The topological polar surface area (TPSA) is 53.1 Å². The third-order valence-corrected chi connectivity index (χ3v) is 6.32. The van der Waals surface area contributed by atoms with Crippen molar-refractivity contribution >= 4 is 12.0 Å². The minimum atomic E-state index is -0.169. The average molecular weight is 351 g/mol. The second kappa shape index (κ2) is 7.94. The van der Waals surface area contributed by atoms with Crippen molar-refractivity contribution in [3.05, 3.63) is 0 Å². The number of carbonyl (C=O) groups is 2. The van der Waals surface area contributed by atoms with Gasteiger partial charge in [0.15, 0.2) is 0 Å². The summed E-state index contributed by atoms with van der Waals surface area (Å²) < 4.78 is 5.14. The van der Waals surface area contributed by atoms with Gasteiger partial charge in [-0.05, 0) is 51.9 Å². The van der Waals surface area contributed by atoms with Crippen molar-refractivity contribution in [2.75, 3.05) is 45.9 Å². The Labute approximate surface area is 151 Å². The van der Waals surface area contributed by atoms with Crippen LogP contribution in [0.3, 0.4) is 0 Å². The molecule has 3 aliphatic rings. The van der Waals surface area contributed by atoms with Crippen LogP contribution in [0.1, 0.15) is 40.0 Å². The van der Waals surface area contributed by atoms with Crippen LogP contribution < -0.4 is 0 Å². The van der Waals surface area contributed by atoms with Crippen LogP contribution in [0.25, 0.3) is 0 Å². The van der Waals surface area contributed by atoms with Gasteiger partial charge >= 0.3 is 6.09 Å². The monoisotopic (exact) mass is 351 g/mol. The lowest BCUT2D eigenvalue weighted by atomic mass is 10.1. The largest absolute Gasteiger partial charge is 0.450 e. The number of amides is 2. The maximum atomic E-state index is 12.5. The molecule has 2 aliphatic heterocycles. The van der Waals surface area contributed by atoms with E-state index in [1.165, 1.54) is 0 Å². The highest BCUT2D eigenvalue weighted by molar-refractivity contribution is 5.82. The number of piperidine rings is 1. The van der Waals surface area contributed by atoms with Crippen LogP contribution in [0, 0.1) is 17.8 Å². The number of rotatable bonds is 5. The maximum absolute atomic E-state index is 12.5. The fraction of sp³-hybridized carbons (Fsp3) is 0.895. The third kappa shape index (κ3) is 3.78. The molecular formula is C19H33N3O3. The average Bonchev–Trinajstić information content (AvgIpc) is 3.22. The zero-order valence-electron chi connectivity index (χ0n) is 15.9. The molecule has 1 saturated carbocycles. The Kier molecular flexibility index (Phi) is 5.87. The number of likely N-dealkylation sites (tertiary alicyclic amines) is 2. The molecule has 6 heteroatoms. The summed E-state index contributed by atoms with van der Waals surface area (Å²) in [4.78, 5) is 30.9. The number of ether oxygens (including phenoxy) is 1. The second-order valence-electron chi connectivity index (χ2n) is 7.59.